The number of nitrogens with zero attached hydrogens (tertiary/aromatic N) is 1. The zero-order valence-electron chi connectivity index (χ0n) is 10.8. The van der Waals surface area contributed by atoms with Crippen LogP contribution in [0.5, 0.6) is 0 Å². The van der Waals surface area contributed by atoms with Crippen molar-refractivity contribution in [2.24, 2.45) is 0 Å². The van der Waals surface area contributed by atoms with E-state index in [1.165, 1.54) is 0 Å². The Balaban J connectivity index is 0.000000742. The molecular weight excluding hydrogens is 681 g/mol. The van der Waals surface area contributed by atoms with E-state index < -0.39 is 0 Å². The molecular formula is C14H8I2NOVY2-. The van der Waals surface area contributed by atoms with Crippen molar-refractivity contribution in [2.45, 2.75) is 0 Å². The van der Waals surface area contributed by atoms with E-state index in [0.717, 1.165) is 21.8 Å². The van der Waals surface area contributed by atoms with Crippen molar-refractivity contribution in [1.82, 2.24) is 4.98 Å². The van der Waals surface area contributed by atoms with Gasteiger partial charge < -0.3 is 4.79 Å². The largest absolute Gasteiger partial charge is 0 e. The van der Waals surface area contributed by atoms with Crippen molar-refractivity contribution in [2.75, 3.05) is 0 Å². The van der Waals surface area contributed by atoms with Crippen LogP contribution in [0.15, 0.2) is 48.5 Å². The van der Waals surface area contributed by atoms with Crippen LogP contribution in [-0.4, -0.2) is 11.3 Å². The van der Waals surface area contributed by atoms with Gasteiger partial charge in [0.2, 0.25) is 0 Å². The van der Waals surface area contributed by atoms with Crippen LogP contribution in [0, 0.1) is 0 Å². The third kappa shape index (κ3) is 6.11. The van der Waals surface area contributed by atoms with E-state index in [-0.39, 0.29) is 65.4 Å². The Morgan fingerprint density at radius 1 is 0.857 bits per heavy atom. The number of para-hydroxylation sites is 2. The van der Waals surface area contributed by atoms with E-state index in [2.05, 4.69) is 44.9 Å². The van der Waals surface area contributed by atoms with Crippen molar-refractivity contribution >= 4 is 68.0 Å². The van der Waals surface area contributed by atoms with Crippen LogP contribution in [0.2, 0.25) is 0 Å². The number of rotatable bonds is 1. The molecule has 1 heterocycles. The second-order valence-electron chi connectivity index (χ2n) is 3.69. The molecule has 0 aliphatic rings. The number of pyridine rings is 1. The van der Waals surface area contributed by atoms with Crippen LogP contribution in [-0.2, 0) is 79.7 Å². The first-order valence-electron chi connectivity index (χ1n) is 5.39. The molecule has 21 heavy (non-hydrogen) atoms. The summed E-state index contributed by atoms with van der Waals surface area (Å²) in [5.41, 5.74) is 2.26. The standard InChI is InChI=1S/C14H8NO.2HI.V.2Y/c16-9-12-10-5-1-3-7-13(10)15-14-8-4-2-6-11(12)14;;;;;/h1-8H;2*1H;;;/q-1;;;+2;;/p-2. The predicted molar refractivity (Wildman–Crippen MR) is 92.1 cm³/mol. The van der Waals surface area contributed by atoms with E-state index in [0.29, 0.717) is 15.0 Å². The molecule has 0 aliphatic heterocycles. The van der Waals surface area contributed by atoms with Gasteiger partial charge in [0, 0.05) is 76.5 Å². The van der Waals surface area contributed by atoms with Gasteiger partial charge in [-0.3, -0.25) is 4.98 Å². The van der Waals surface area contributed by atoms with Gasteiger partial charge in [-0.05, 0) is 12.1 Å². The van der Waals surface area contributed by atoms with Gasteiger partial charge in [0.05, 0.1) is 6.29 Å². The fourth-order valence-corrected chi connectivity index (χ4v) is 1.95. The van der Waals surface area contributed by atoms with Gasteiger partial charge in [0.25, 0.3) is 0 Å². The molecule has 0 saturated carbocycles. The van der Waals surface area contributed by atoms with Crippen LogP contribution < -0.4 is 0 Å². The topological polar surface area (TPSA) is 30.0 Å². The third-order valence-electron chi connectivity index (χ3n) is 2.69. The van der Waals surface area contributed by atoms with Crippen molar-refractivity contribution in [3.8, 4) is 0 Å². The number of fused-ring (bicyclic) bond motifs is 2. The average Bonchev–Trinajstić information content (AvgIpc) is 2.45. The van der Waals surface area contributed by atoms with Gasteiger partial charge >= 0.3 is 49.4 Å². The molecule has 0 atom stereocenters. The minimum absolute atomic E-state index is 0. The molecule has 0 unspecified atom stereocenters. The summed E-state index contributed by atoms with van der Waals surface area (Å²) in [6.45, 7) is 0. The quantitative estimate of drug-likeness (QED) is 0.213. The van der Waals surface area contributed by atoms with Crippen LogP contribution in [0.25, 0.3) is 21.8 Å². The number of halogens is 2. The summed E-state index contributed by atoms with van der Waals surface area (Å²) in [6.07, 6.45) is 2.02. The van der Waals surface area contributed by atoms with E-state index >= 15 is 0 Å². The minimum atomic E-state index is 0. The first-order chi connectivity index (χ1) is 9.31. The smallest absolute Gasteiger partial charge is 0 e. The first kappa shape index (κ1) is 23.0. The van der Waals surface area contributed by atoms with Gasteiger partial charge in [-0.2, -0.15) is 0 Å². The van der Waals surface area contributed by atoms with E-state index in [4.69, 9.17) is 0 Å². The molecule has 0 N–H and O–H groups in total. The molecule has 0 bridgehead atoms. The molecule has 0 saturated heterocycles. The molecule has 1 aromatic heterocycles. The third-order valence-corrected chi connectivity index (χ3v) is 2.69. The summed E-state index contributed by atoms with van der Waals surface area (Å²) >= 11 is 4.74. The van der Waals surface area contributed by atoms with Gasteiger partial charge in [0.15, 0.2) is 0 Å². The molecule has 3 aromatic rings. The molecule has 2 aromatic carbocycles. The van der Waals surface area contributed by atoms with Crippen molar-refractivity contribution < 1.29 is 79.7 Å². The Labute approximate surface area is 203 Å². The van der Waals surface area contributed by atoms with Crippen LogP contribution >= 0.6 is 40.0 Å². The van der Waals surface area contributed by atoms with Gasteiger partial charge in [-0.25, -0.2) is 0 Å². The maximum atomic E-state index is 11.1. The fraction of sp³-hybridized carbons (Fsp3) is 0. The molecule has 101 valence electrons. The summed E-state index contributed by atoms with van der Waals surface area (Å²) < 4.78 is 0. The second kappa shape index (κ2) is 12.4. The summed E-state index contributed by atoms with van der Waals surface area (Å²) in [7, 11) is 0.628. The maximum Gasteiger partial charge on any atom is 0 e. The summed E-state index contributed by atoms with van der Waals surface area (Å²) in [5.74, 6) is 0. The van der Waals surface area contributed by atoms with Crippen LogP contribution in [0.3, 0.4) is 0 Å². The molecule has 2 radical (unpaired) electrons. The van der Waals surface area contributed by atoms with Gasteiger partial charge in [-0.1, -0.05) is 35.0 Å². The monoisotopic (exact) mass is 689 g/mol. The predicted octanol–water partition coefficient (Wildman–Crippen LogP) is 4.61. The zero-order chi connectivity index (χ0) is 13.7. The minimum Gasteiger partial charge on any atom is 0 e. The van der Waals surface area contributed by atoms with E-state index in [9.17, 15) is 4.79 Å². The SMILES string of the molecule is O=[C-]c1c2ccccc2nc2ccccc12.[I][V][I].[Y].[Y]. The van der Waals surface area contributed by atoms with Gasteiger partial charge in [-0.15, -0.1) is 17.7 Å². The number of carbonyl (C=O) groups excluding carboxylic acids is 1. The maximum absolute atomic E-state index is 11.1. The van der Waals surface area contributed by atoms with E-state index in [1.54, 1.807) is 0 Å². The number of hydrogen-bond acceptors (Lipinski definition) is 2. The average molecular weight is 689 g/mol. The molecule has 7 heteroatoms. The molecule has 2 nitrogen and oxygen atoms in total. The summed E-state index contributed by atoms with van der Waals surface area (Å²) in [4.78, 5) is 15.6. The Kier molecular flexibility index (Phi) is 13.6. The molecule has 0 amide bonds. The van der Waals surface area contributed by atoms with Crippen molar-refractivity contribution in [3.05, 3.63) is 54.1 Å². The summed E-state index contributed by atoms with van der Waals surface area (Å²) in [6, 6.07) is 15.2. The Bertz CT molecular complexity index is 673. The fourth-order valence-electron chi connectivity index (χ4n) is 1.95. The van der Waals surface area contributed by atoms with Crippen molar-refractivity contribution in [1.29, 1.82) is 0 Å². The van der Waals surface area contributed by atoms with E-state index in [1.807, 2.05) is 54.8 Å². The van der Waals surface area contributed by atoms with Crippen LogP contribution in [0.1, 0.15) is 5.56 Å². The van der Waals surface area contributed by atoms with Gasteiger partial charge in [0.1, 0.15) is 0 Å². The molecule has 3 rings (SSSR count). The summed E-state index contributed by atoms with van der Waals surface area (Å²) in [5, 5.41) is 1.72. The first-order valence-corrected chi connectivity index (χ1v) is 14.4. The molecule has 0 fully saturated rings. The molecule has 0 aliphatic carbocycles. The second-order valence-corrected chi connectivity index (χ2v) is 15.5. The van der Waals surface area contributed by atoms with Crippen LogP contribution in [0.4, 0.5) is 0 Å². The number of hydrogen-bond donors (Lipinski definition) is 0. The number of aromatic nitrogens is 1. The Morgan fingerprint density at radius 3 is 1.62 bits per heavy atom. The number of benzene rings is 2. The Morgan fingerprint density at radius 2 is 1.24 bits per heavy atom. The molecule has 0 spiro atoms. The normalized spacial score (nSPS) is 8.86. The van der Waals surface area contributed by atoms with Crippen molar-refractivity contribution in [3.63, 3.8) is 0 Å². The zero-order valence-corrected chi connectivity index (χ0v) is 22.2. The Hall–Kier alpha value is 2.03.